The van der Waals surface area contributed by atoms with Crippen molar-refractivity contribution in [3.8, 4) is 17.2 Å². The maximum absolute atomic E-state index is 11.4. The van der Waals surface area contributed by atoms with Crippen molar-refractivity contribution in [3.05, 3.63) is 41.7 Å². The van der Waals surface area contributed by atoms with Gasteiger partial charge < -0.3 is 4.74 Å². The molecular formula is C16H17N3O2. The molecule has 2 aromatic rings. The number of benzene rings is 1. The lowest BCUT2D eigenvalue weighted by atomic mass is 10.00. The Morgan fingerprint density at radius 1 is 1.48 bits per heavy atom. The van der Waals surface area contributed by atoms with Gasteiger partial charge in [0.2, 0.25) is 0 Å². The Morgan fingerprint density at radius 3 is 2.95 bits per heavy atom. The van der Waals surface area contributed by atoms with Crippen molar-refractivity contribution in [3.63, 3.8) is 0 Å². The van der Waals surface area contributed by atoms with Gasteiger partial charge in [-0.2, -0.15) is 10.4 Å². The van der Waals surface area contributed by atoms with Gasteiger partial charge in [-0.3, -0.25) is 9.48 Å². The zero-order chi connectivity index (χ0) is 15.2. The number of ether oxygens (including phenoxy) is 1. The van der Waals surface area contributed by atoms with E-state index in [1.54, 1.807) is 17.8 Å². The maximum atomic E-state index is 11.4. The highest BCUT2D eigenvalue weighted by Gasteiger charge is 2.08. The Balaban J connectivity index is 2.18. The second-order valence-corrected chi connectivity index (χ2v) is 4.72. The van der Waals surface area contributed by atoms with Crippen molar-refractivity contribution < 1.29 is 9.53 Å². The zero-order valence-electron chi connectivity index (χ0n) is 12.2. The number of nitrogens with zero attached hydrogens (tertiary/aromatic N) is 3. The topological polar surface area (TPSA) is 67.9 Å². The summed E-state index contributed by atoms with van der Waals surface area (Å²) in [6.45, 7) is 4.25. The first-order valence-corrected chi connectivity index (χ1v) is 6.79. The van der Waals surface area contributed by atoms with Gasteiger partial charge in [0.1, 0.15) is 6.54 Å². The van der Waals surface area contributed by atoms with Gasteiger partial charge in [0.05, 0.1) is 25.3 Å². The van der Waals surface area contributed by atoms with Crippen LogP contribution < -0.4 is 0 Å². The second kappa shape index (κ2) is 6.71. The molecule has 0 spiro atoms. The molecule has 5 nitrogen and oxygen atoms in total. The molecule has 1 aromatic carbocycles. The molecule has 0 fully saturated rings. The molecule has 5 heteroatoms. The summed E-state index contributed by atoms with van der Waals surface area (Å²) in [5, 5.41) is 12.9. The van der Waals surface area contributed by atoms with E-state index in [2.05, 4.69) is 11.2 Å². The third-order valence-corrected chi connectivity index (χ3v) is 3.11. The first-order chi connectivity index (χ1) is 10.1. The van der Waals surface area contributed by atoms with Crippen molar-refractivity contribution in [2.24, 2.45) is 0 Å². The van der Waals surface area contributed by atoms with Crippen LogP contribution in [0.25, 0.3) is 11.1 Å². The van der Waals surface area contributed by atoms with Gasteiger partial charge in [-0.15, -0.1) is 0 Å². The van der Waals surface area contributed by atoms with Gasteiger partial charge in [0.15, 0.2) is 0 Å². The van der Waals surface area contributed by atoms with Crippen LogP contribution in [0, 0.1) is 18.3 Å². The molecule has 0 aliphatic heterocycles. The molecule has 0 saturated carbocycles. The number of nitriles is 1. The Bertz CT molecular complexity index is 683. The van der Waals surface area contributed by atoms with Crippen LogP contribution in [0.5, 0.6) is 0 Å². The minimum atomic E-state index is -0.298. The first-order valence-electron chi connectivity index (χ1n) is 6.79. The normalized spacial score (nSPS) is 10.1. The third-order valence-electron chi connectivity index (χ3n) is 3.11. The fourth-order valence-corrected chi connectivity index (χ4v) is 2.18. The summed E-state index contributed by atoms with van der Waals surface area (Å²) in [7, 11) is 0. The van der Waals surface area contributed by atoms with Crippen molar-refractivity contribution in [2.75, 3.05) is 6.61 Å². The molecule has 0 saturated heterocycles. The number of hydrogen-bond acceptors (Lipinski definition) is 4. The minimum absolute atomic E-state index is 0.111. The molecule has 0 bridgehead atoms. The molecule has 21 heavy (non-hydrogen) atoms. The fourth-order valence-electron chi connectivity index (χ4n) is 2.18. The molecular weight excluding hydrogens is 266 g/mol. The lowest BCUT2D eigenvalue weighted by Crippen LogP contribution is -2.13. The monoisotopic (exact) mass is 283 g/mol. The summed E-state index contributed by atoms with van der Waals surface area (Å²) in [6.07, 6.45) is 3.96. The molecule has 1 aromatic heterocycles. The predicted octanol–water partition coefficient (Wildman–Crippen LogP) is 2.49. The van der Waals surface area contributed by atoms with Crippen LogP contribution in [-0.2, 0) is 22.5 Å². The highest BCUT2D eigenvalue weighted by molar-refractivity contribution is 5.70. The second-order valence-electron chi connectivity index (χ2n) is 4.72. The minimum Gasteiger partial charge on any atom is -0.465 e. The molecule has 0 radical (unpaired) electrons. The van der Waals surface area contributed by atoms with Crippen molar-refractivity contribution in [1.29, 1.82) is 5.26 Å². The summed E-state index contributed by atoms with van der Waals surface area (Å²) in [5.74, 6) is -0.298. The van der Waals surface area contributed by atoms with Crippen LogP contribution in [-0.4, -0.2) is 22.4 Å². The van der Waals surface area contributed by atoms with Gasteiger partial charge in [-0.05, 0) is 30.5 Å². The van der Waals surface area contributed by atoms with Crippen LogP contribution in [0.3, 0.4) is 0 Å². The molecule has 0 amide bonds. The van der Waals surface area contributed by atoms with E-state index in [0.29, 0.717) is 13.0 Å². The molecule has 0 unspecified atom stereocenters. The van der Waals surface area contributed by atoms with E-state index < -0.39 is 0 Å². The summed E-state index contributed by atoms with van der Waals surface area (Å²) in [6, 6.07) is 8.06. The van der Waals surface area contributed by atoms with E-state index in [4.69, 9.17) is 10.00 Å². The average Bonchev–Trinajstić information content (AvgIpc) is 2.87. The SMILES string of the molecule is CCOC(=O)Cn1cc(-c2ccc(CC#N)cc2C)cn1. The lowest BCUT2D eigenvalue weighted by Gasteiger charge is -2.05. The van der Waals surface area contributed by atoms with Crippen LogP contribution in [0.1, 0.15) is 18.1 Å². The van der Waals surface area contributed by atoms with E-state index in [0.717, 1.165) is 22.3 Å². The number of carbonyl (C=O) groups is 1. The molecule has 0 aliphatic rings. The Morgan fingerprint density at radius 2 is 2.29 bits per heavy atom. The smallest absolute Gasteiger partial charge is 0.327 e. The molecule has 0 N–H and O–H groups in total. The van der Waals surface area contributed by atoms with Crippen LogP contribution in [0.2, 0.25) is 0 Å². The summed E-state index contributed by atoms with van der Waals surface area (Å²) < 4.78 is 6.46. The third kappa shape index (κ3) is 3.69. The van der Waals surface area contributed by atoms with E-state index in [9.17, 15) is 4.79 Å². The van der Waals surface area contributed by atoms with E-state index >= 15 is 0 Å². The van der Waals surface area contributed by atoms with Crippen LogP contribution >= 0.6 is 0 Å². The van der Waals surface area contributed by atoms with Crippen LogP contribution in [0.4, 0.5) is 0 Å². The fraction of sp³-hybridized carbons (Fsp3) is 0.312. The number of esters is 1. The number of carbonyl (C=O) groups excluding carboxylic acids is 1. The lowest BCUT2D eigenvalue weighted by molar-refractivity contribution is -0.144. The van der Waals surface area contributed by atoms with Gasteiger partial charge in [-0.25, -0.2) is 0 Å². The van der Waals surface area contributed by atoms with E-state index in [1.807, 2.05) is 31.3 Å². The van der Waals surface area contributed by atoms with Gasteiger partial charge in [0, 0.05) is 11.8 Å². The average molecular weight is 283 g/mol. The predicted molar refractivity (Wildman–Crippen MR) is 78.4 cm³/mol. The Hall–Kier alpha value is -2.61. The summed E-state index contributed by atoms with van der Waals surface area (Å²) in [5.41, 5.74) is 4.07. The maximum Gasteiger partial charge on any atom is 0.327 e. The first kappa shape index (κ1) is 14.8. The highest BCUT2D eigenvalue weighted by atomic mass is 16.5. The van der Waals surface area contributed by atoms with E-state index in [1.165, 1.54) is 0 Å². The highest BCUT2D eigenvalue weighted by Crippen LogP contribution is 2.24. The number of hydrogen-bond donors (Lipinski definition) is 0. The standard InChI is InChI=1S/C16H17N3O2/c1-3-21-16(20)11-19-10-14(9-18-19)15-5-4-13(6-7-17)8-12(15)2/h4-5,8-10H,3,6,11H2,1-2H3. The zero-order valence-corrected chi connectivity index (χ0v) is 12.2. The van der Waals surface area contributed by atoms with Gasteiger partial charge >= 0.3 is 5.97 Å². The Kier molecular flexibility index (Phi) is 4.72. The van der Waals surface area contributed by atoms with Gasteiger partial charge in [-0.1, -0.05) is 18.2 Å². The summed E-state index contributed by atoms with van der Waals surface area (Å²) >= 11 is 0. The van der Waals surface area contributed by atoms with Crippen LogP contribution in [0.15, 0.2) is 30.6 Å². The molecule has 2 rings (SSSR count). The number of rotatable bonds is 5. The number of aryl methyl sites for hydroxylation is 1. The van der Waals surface area contributed by atoms with Crippen molar-refractivity contribution >= 4 is 5.97 Å². The molecule has 0 atom stereocenters. The largest absolute Gasteiger partial charge is 0.465 e. The Labute approximate surface area is 123 Å². The van der Waals surface area contributed by atoms with Gasteiger partial charge in [0.25, 0.3) is 0 Å². The van der Waals surface area contributed by atoms with E-state index in [-0.39, 0.29) is 12.5 Å². The molecule has 1 heterocycles. The van der Waals surface area contributed by atoms with Crippen molar-refractivity contribution in [2.45, 2.75) is 26.8 Å². The molecule has 108 valence electrons. The number of aromatic nitrogens is 2. The van der Waals surface area contributed by atoms with Crippen molar-refractivity contribution in [1.82, 2.24) is 9.78 Å². The molecule has 0 aliphatic carbocycles. The quantitative estimate of drug-likeness (QED) is 0.791. The summed E-state index contributed by atoms with van der Waals surface area (Å²) in [4.78, 5) is 11.4.